The summed E-state index contributed by atoms with van der Waals surface area (Å²) in [6.07, 6.45) is 1.29. The number of carbonyl (C=O) groups is 2. The number of ether oxygens (including phenoxy) is 1. The van der Waals surface area contributed by atoms with Crippen LogP contribution in [0.25, 0.3) is 0 Å². The molecule has 6 nitrogen and oxygen atoms in total. The van der Waals surface area contributed by atoms with Gasteiger partial charge in [-0.05, 0) is 12.0 Å². The van der Waals surface area contributed by atoms with E-state index in [2.05, 4.69) is 15.6 Å². The second-order valence-corrected chi connectivity index (χ2v) is 6.09. The van der Waals surface area contributed by atoms with Crippen molar-refractivity contribution in [3.63, 3.8) is 0 Å². The molecule has 0 atom stereocenters. The maximum atomic E-state index is 12.0. The minimum Gasteiger partial charge on any atom is -0.385 e. The van der Waals surface area contributed by atoms with E-state index in [9.17, 15) is 9.59 Å². The molecule has 0 saturated carbocycles. The molecule has 1 heterocycles. The van der Waals surface area contributed by atoms with Gasteiger partial charge in [-0.1, -0.05) is 30.3 Å². The van der Waals surface area contributed by atoms with E-state index in [0.29, 0.717) is 30.4 Å². The number of nitrogens with zero attached hydrogens (tertiary/aromatic N) is 1. The Balaban J connectivity index is 1.76. The Bertz CT molecular complexity index is 658. The summed E-state index contributed by atoms with van der Waals surface area (Å²) in [5, 5.41) is 7.87. The van der Waals surface area contributed by atoms with Gasteiger partial charge in [0, 0.05) is 25.6 Å². The number of methoxy groups -OCH3 is 1. The van der Waals surface area contributed by atoms with Crippen LogP contribution in [0.3, 0.4) is 0 Å². The Labute approximate surface area is 145 Å². The molecule has 0 spiro atoms. The summed E-state index contributed by atoms with van der Waals surface area (Å²) in [5.41, 5.74) is 1.60. The number of hydrogen-bond donors (Lipinski definition) is 2. The molecule has 0 saturated heterocycles. The maximum Gasteiger partial charge on any atom is 0.230 e. The van der Waals surface area contributed by atoms with Gasteiger partial charge >= 0.3 is 0 Å². The zero-order valence-electron chi connectivity index (χ0n) is 13.6. The number of anilines is 1. The fourth-order valence-corrected chi connectivity index (χ4v) is 2.79. The second-order valence-electron chi connectivity index (χ2n) is 5.23. The monoisotopic (exact) mass is 347 g/mol. The summed E-state index contributed by atoms with van der Waals surface area (Å²) >= 11 is 1.32. The standard InChI is InChI=1S/C17H21N3O3S/c1-23-9-5-8-18-15(21)11-14-12-24-17(19-14)20-16(22)10-13-6-3-2-4-7-13/h2-4,6-7,12H,5,8-11H2,1H3,(H,18,21)(H,19,20,22). The molecule has 2 N–H and O–H groups in total. The molecule has 1 aromatic heterocycles. The summed E-state index contributed by atoms with van der Waals surface area (Å²) in [7, 11) is 1.63. The molecule has 2 aromatic rings. The maximum absolute atomic E-state index is 12.0. The van der Waals surface area contributed by atoms with Gasteiger partial charge < -0.3 is 15.4 Å². The lowest BCUT2D eigenvalue weighted by atomic mass is 10.1. The lowest BCUT2D eigenvalue weighted by molar-refractivity contribution is -0.120. The summed E-state index contributed by atoms with van der Waals surface area (Å²) < 4.78 is 4.92. The summed E-state index contributed by atoms with van der Waals surface area (Å²) in [6, 6.07) is 9.51. The van der Waals surface area contributed by atoms with Gasteiger partial charge in [-0.3, -0.25) is 9.59 Å². The van der Waals surface area contributed by atoms with Gasteiger partial charge in [0.05, 0.1) is 18.5 Å². The third-order valence-electron chi connectivity index (χ3n) is 3.19. The lowest BCUT2D eigenvalue weighted by Gasteiger charge is -2.03. The zero-order valence-corrected chi connectivity index (χ0v) is 14.4. The smallest absolute Gasteiger partial charge is 0.230 e. The molecule has 0 unspecified atom stereocenters. The molecular weight excluding hydrogens is 326 g/mol. The molecule has 1 aromatic carbocycles. The molecular formula is C17H21N3O3S. The summed E-state index contributed by atoms with van der Waals surface area (Å²) in [4.78, 5) is 28.0. The van der Waals surface area contributed by atoms with Gasteiger partial charge in [0.15, 0.2) is 5.13 Å². The van der Waals surface area contributed by atoms with Crippen molar-refractivity contribution in [3.05, 3.63) is 47.0 Å². The Hall–Kier alpha value is -2.25. The molecule has 0 fully saturated rings. The Morgan fingerprint density at radius 1 is 1.17 bits per heavy atom. The Kier molecular flexibility index (Phi) is 7.38. The number of benzene rings is 1. The Morgan fingerprint density at radius 2 is 1.96 bits per heavy atom. The molecule has 2 rings (SSSR count). The van der Waals surface area contributed by atoms with Gasteiger partial charge in [0.25, 0.3) is 0 Å². The fraction of sp³-hybridized carbons (Fsp3) is 0.353. The van der Waals surface area contributed by atoms with Crippen LogP contribution in [0, 0.1) is 0 Å². The normalized spacial score (nSPS) is 10.4. The predicted molar refractivity (Wildman–Crippen MR) is 94.1 cm³/mol. The van der Waals surface area contributed by atoms with Crippen LogP contribution in [0.15, 0.2) is 35.7 Å². The quantitative estimate of drug-likeness (QED) is 0.680. The van der Waals surface area contributed by atoms with Crippen LogP contribution in [0.5, 0.6) is 0 Å². The minimum absolute atomic E-state index is 0.0847. The van der Waals surface area contributed by atoms with Crippen molar-refractivity contribution in [1.29, 1.82) is 0 Å². The number of amides is 2. The van der Waals surface area contributed by atoms with E-state index < -0.39 is 0 Å². The van der Waals surface area contributed by atoms with Crippen molar-refractivity contribution in [3.8, 4) is 0 Å². The van der Waals surface area contributed by atoms with E-state index in [4.69, 9.17) is 4.74 Å². The van der Waals surface area contributed by atoms with Crippen molar-refractivity contribution in [2.24, 2.45) is 0 Å². The summed E-state index contributed by atoms with van der Waals surface area (Å²) in [5.74, 6) is -0.204. The van der Waals surface area contributed by atoms with E-state index in [1.807, 2.05) is 30.3 Å². The highest BCUT2D eigenvalue weighted by atomic mass is 32.1. The van der Waals surface area contributed by atoms with Crippen molar-refractivity contribution < 1.29 is 14.3 Å². The third kappa shape index (κ3) is 6.47. The number of nitrogens with one attached hydrogen (secondary N) is 2. The zero-order chi connectivity index (χ0) is 17.2. The van der Waals surface area contributed by atoms with Gasteiger partial charge in [-0.2, -0.15) is 0 Å². The minimum atomic E-state index is -0.119. The van der Waals surface area contributed by atoms with Crippen LogP contribution in [0.2, 0.25) is 0 Å². The van der Waals surface area contributed by atoms with E-state index in [1.165, 1.54) is 11.3 Å². The second kappa shape index (κ2) is 9.79. The topological polar surface area (TPSA) is 80.3 Å². The van der Waals surface area contributed by atoms with Crippen LogP contribution >= 0.6 is 11.3 Å². The molecule has 0 bridgehead atoms. The molecule has 0 radical (unpaired) electrons. The molecule has 0 aliphatic carbocycles. The highest BCUT2D eigenvalue weighted by molar-refractivity contribution is 7.13. The van der Waals surface area contributed by atoms with Gasteiger partial charge in [-0.15, -0.1) is 11.3 Å². The number of carbonyl (C=O) groups excluding carboxylic acids is 2. The van der Waals surface area contributed by atoms with Crippen LogP contribution in [-0.2, 0) is 27.2 Å². The van der Waals surface area contributed by atoms with Crippen LogP contribution in [-0.4, -0.2) is 37.1 Å². The van der Waals surface area contributed by atoms with Crippen molar-refractivity contribution in [2.75, 3.05) is 25.6 Å². The van der Waals surface area contributed by atoms with Crippen molar-refractivity contribution in [1.82, 2.24) is 10.3 Å². The Morgan fingerprint density at radius 3 is 2.71 bits per heavy atom. The number of rotatable bonds is 9. The first-order valence-electron chi connectivity index (χ1n) is 7.71. The van der Waals surface area contributed by atoms with Crippen LogP contribution in [0.4, 0.5) is 5.13 Å². The van der Waals surface area contributed by atoms with E-state index in [-0.39, 0.29) is 18.2 Å². The lowest BCUT2D eigenvalue weighted by Crippen LogP contribution is -2.26. The first-order chi connectivity index (χ1) is 11.7. The first-order valence-corrected chi connectivity index (χ1v) is 8.59. The van der Waals surface area contributed by atoms with E-state index in [0.717, 1.165) is 12.0 Å². The van der Waals surface area contributed by atoms with Gasteiger partial charge in [-0.25, -0.2) is 4.98 Å². The van der Waals surface area contributed by atoms with Crippen LogP contribution in [0.1, 0.15) is 17.7 Å². The van der Waals surface area contributed by atoms with E-state index >= 15 is 0 Å². The molecule has 7 heteroatoms. The van der Waals surface area contributed by atoms with E-state index in [1.54, 1.807) is 12.5 Å². The SMILES string of the molecule is COCCCNC(=O)Cc1csc(NC(=O)Cc2ccccc2)n1. The highest BCUT2D eigenvalue weighted by Gasteiger charge is 2.10. The average molecular weight is 347 g/mol. The first kappa shape index (κ1) is 18.1. The number of thiazole rings is 1. The van der Waals surface area contributed by atoms with Crippen LogP contribution < -0.4 is 10.6 Å². The molecule has 0 aliphatic heterocycles. The third-order valence-corrected chi connectivity index (χ3v) is 4.00. The predicted octanol–water partition coefficient (Wildman–Crippen LogP) is 2.02. The number of hydrogen-bond acceptors (Lipinski definition) is 5. The molecule has 128 valence electrons. The van der Waals surface area contributed by atoms with Gasteiger partial charge in [0.1, 0.15) is 0 Å². The largest absolute Gasteiger partial charge is 0.385 e. The number of aromatic nitrogens is 1. The van der Waals surface area contributed by atoms with Crippen molar-refractivity contribution in [2.45, 2.75) is 19.3 Å². The molecule has 0 aliphatic rings. The summed E-state index contributed by atoms with van der Waals surface area (Å²) in [6.45, 7) is 1.20. The molecule has 24 heavy (non-hydrogen) atoms. The highest BCUT2D eigenvalue weighted by Crippen LogP contribution is 2.16. The molecule has 2 amide bonds. The average Bonchev–Trinajstić information content (AvgIpc) is 2.99. The fourth-order valence-electron chi connectivity index (χ4n) is 2.06. The van der Waals surface area contributed by atoms with Crippen molar-refractivity contribution >= 4 is 28.3 Å². The van der Waals surface area contributed by atoms with Gasteiger partial charge in [0.2, 0.25) is 11.8 Å².